The zero-order chi connectivity index (χ0) is 14.3. The summed E-state index contributed by atoms with van der Waals surface area (Å²) in [6.07, 6.45) is 0. The molecule has 3 rings (SSSR count). The monoisotopic (exact) mass is 268 g/mol. The van der Waals surface area contributed by atoms with Gasteiger partial charge < -0.3 is 14.9 Å². The van der Waals surface area contributed by atoms with E-state index in [1.165, 1.54) is 5.56 Å². The third-order valence-electron chi connectivity index (χ3n) is 3.28. The Morgan fingerprint density at radius 1 is 1.15 bits per heavy atom. The van der Waals surface area contributed by atoms with Crippen molar-refractivity contribution in [1.82, 2.24) is 4.98 Å². The number of rotatable bonds is 2. The Kier molecular flexibility index (Phi) is 2.86. The molecule has 0 radical (unpaired) electrons. The Hall–Kier alpha value is -2.49. The van der Waals surface area contributed by atoms with Crippen molar-refractivity contribution >= 4 is 16.8 Å². The van der Waals surface area contributed by atoms with Crippen molar-refractivity contribution in [2.24, 2.45) is 0 Å². The van der Waals surface area contributed by atoms with E-state index in [2.05, 4.69) is 11.1 Å². The van der Waals surface area contributed by atoms with E-state index in [0.717, 1.165) is 22.2 Å². The molecule has 4 nitrogen and oxygen atoms in total. The molecule has 2 N–H and O–H groups in total. The molecule has 102 valence electrons. The van der Waals surface area contributed by atoms with Crippen molar-refractivity contribution in [3.8, 4) is 17.2 Å². The fraction of sp³-hybridized carbons (Fsp3) is 0.188. The van der Waals surface area contributed by atoms with Gasteiger partial charge in [0.15, 0.2) is 5.58 Å². The maximum atomic E-state index is 5.89. The number of nitrogen functional groups attached to an aromatic ring is 1. The van der Waals surface area contributed by atoms with Crippen molar-refractivity contribution in [3.63, 3.8) is 0 Å². The third kappa shape index (κ3) is 1.99. The minimum absolute atomic E-state index is 0.547. The highest BCUT2D eigenvalue weighted by Crippen LogP contribution is 2.34. The van der Waals surface area contributed by atoms with E-state index < -0.39 is 0 Å². The van der Waals surface area contributed by atoms with Crippen LogP contribution in [0.25, 0.3) is 22.6 Å². The van der Waals surface area contributed by atoms with Gasteiger partial charge in [-0.05, 0) is 43.2 Å². The lowest BCUT2D eigenvalue weighted by molar-refractivity contribution is 0.415. The lowest BCUT2D eigenvalue weighted by Crippen LogP contribution is -1.91. The number of oxazole rings is 1. The molecular formula is C16H16N2O2. The molecular weight excluding hydrogens is 252 g/mol. The minimum Gasteiger partial charge on any atom is -0.496 e. The van der Waals surface area contributed by atoms with Gasteiger partial charge in [-0.25, -0.2) is 4.98 Å². The topological polar surface area (TPSA) is 61.3 Å². The van der Waals surface area contributed by atoms with E-state index in [0.29, 0.717) is 17.3 Å². The number of ether oxygens (including phenoxy) is 1. The standard InChI is InChI=1S/C16H16N2O2/c1-9-6-10(2)15-13(7-9)18-16(20-15)12-5-4-11(17)8-14(12)19-3/h4-8H,17H2,1-3H3. The lowest BCUT2D eigenvalue weighted by Gasteiger charge is -2.05. The summed E-state index contributed by atoms with van der Waals surface area (Å²) in [4.78, 5) is 4.56. The van der Waals surface area contributed by atoms with Crippen molar-refractivity contribution in [1.29, 1.82) is 0 Å². The summed E-state index contributed by atoms with van der Waals surface area (Å²) in [5.41, 5.74) is 11.1. The summed E-state index contributed by atoms with van der Waals surface area (Å²) in [5, 5.41) is 0. The third-order valence-corrected chi connectivity index (χ3v) is 3.28. The summed E-state index contributed by atoms with van der Waals surface area (Å²) >= 11 is 0. The summed E-state index contributed by atoms with van der Waals surface area (Å²) in [6.45, 7) is 4.06. The number of hydrogen-bond donors (Lipinski definition) is 1. The van der Waals surface area contributed by atoms with Crippen molar-refractivity contribution in [2.45, 2.75) is 13.8 Å². The SMILES string of the molecule is COc1cc(N)ccc1-c1nc2cc(C)cc(C)c2o1. The van der Waals surface area contributed by atoms with Gasteiger partial charge in [0, 0.05) is 11.8 Å². The van der Waals surface area contributed by atoms with Crippen molar-refractivity contribution < 1.29 is 9.15 Å². The highest BCUT2D eigenvalue weighted by molar-refractivity contribution is 5.81. The number of aromatic nitrogens is 1. The lowest BCUT2D eigenvalue weighted by atomic mass is 10.1. The molecule has 0 saturated carbocycles. The Labute approximate surface area is 117 Å². The summed E-state index contributed by atoms with van der Waals surface area (Å²) < 4.78 is 11.2. The van der Waals surface area contributed by atoms with E-state index in [1.807, 2.05) is 32.0 Å². The van der Waals surface area contributed by atoms with Crippen LogP contribution in [-0.2, 0) is 0 Å². The number of hydrogen-bond acceptors (Lipinski definition) is 4. The Morgan fingerprint density at radius 3 is 2.70 bits per heavy atom. The second-order valence-electron chi connectivity index (χ2n) is 4.91. The van der Waals surface area contributed by atoms with E-state index in [4.69, 9.17) is 14.9 Å². The maximum Gasteiger partial charge on any atom is 0.231 e. The van der Waals surface area contributed by atoms with Crippen LogP contribution in [0.4, 0.5) is 5.69 Å². The number of fused-ring (bicyclic) bond motifs is 1. The molecule has 0 atom stereocenters. The number of nitrogens with two attached hydrogens (primary N) is 1. The van der Waals surface area contributed by atoms with Gasteiger partial charge in [-0.3, -0.25) is 0 Å². The molecule has 0 spiro atoms. The molecule has 20 heavy (non-hydrogen) atoms. The fourth-order valence-corrected chi connectivity index (χ4v) is 2.38. The molecule has 3 aromatic rings. The Morgan fingerprint density at radius 2 is 1.95 bits per heavy atom. The first-order valence-corrected chi connectivity index (χ1v) is 6.40. The summed E-state index contributed by atoms with van der Waals surface area (Å²) in [7, 11) is 1.61. The number of anilines is 1. The summed E-state index contributed by atoms with van der Waals surface area (Å²) in [6, 6.07) is 9.53. The predicted molar refractivity (Wildman–Crippen MR) is 79.9 cm³/mol. The van der Waals surface area contributed by atoms with Crippen molar-refractivity contribution in [3.05, 3.63) is 41.5 Å². The summed E-state index contributed by atoms with van der Waals surface area (Å²) in [5.74, 6) is 1.21. The zero-order valence-corrected chi connectivity index (χ0v) is 11.7. The van der Waals surface area contributed by atoms with Gasteiger partial charge in [-0.15, -0.1) is 0 Å². The van der Waals surface area contributed by atoms with Crippen LogP contribution in [0.1, 0.15) is 11.1 Å². The zero-order valence-electron chi connectivity index (χ0n) is 11.7. The second kappa shape index (κ2) is 4.56. The first kappa shape index (κ1) is 12.5. The molecule has 0 bridgehead atoms. The van der Waals surface area contributed by atoms with Gasteiger partial charge in [0.2, 0.25) is 5.89 Å². The number of methoxy groups -OCH3 is 1. The van der Waals surface area contributed by atoms with Gasteiger partial charge in [0.25, 0.3) is 0 Å². The van der Waals surface area contributed by atoms with Crippen LogP contribution in [0.3, 0.4) is 0 Å². The van der Waals surface area contributed by atoms with Crippen LogP contribution in [-0.4, -0.2) is 12.1 Å². The largest absolute Gasteiger partial charge is 0.496 e. The molecule has 4 heteroatoms. The van der Waals surface area contributed by atoms with Gasteiger partial charge >= 0.3 is 0 Å². The molecule has 0 aliphatic heterocycles. The average Bonchev–Trinajstić information content (AvgIpc) is 2.82. The van der Waals surface area contributed by atoms with Gasteiger partial charge in [0.1, 0.15) is 11.3 Å². The smallest absolute Gasteiger partial charge is 0.231 e. The molecule has 0 aliphatic rings. The van der Waals surface area contributed by atoms with Gasteiger partial charge in [0.05, 0.1) is 12.7 Å². The van der Waals surface area contributed by atoms with Gasteiger partial charge in [-0.1, -0.05) is 6.07 Å². The molecule has 0 aliphatic carbocycles. The molecule has 0 saturated heterocycles. The van der Waals surface area contributed by atoms with Crippen LogP contribution >= 0.6 is 0 Å². The van der Waals surface area contributed by atoms with Crippen molar-refractivity contribution in [2.75, 3.05) is 12.8 Å². The first-order valence-electron chi connectivity index (χ1n) is 6.40. The van der Waals surface area contributed by atoms with Crippen LogP contribution in [0.15, 0.2) is 34.7 Å². The second-order valence-corrected chi connectivity index (χ2v) is 4.91. The van der Waals surface area contributed by atoms with E-state index in [1.54, 1.807) is 13.2 Å². The Bertz CT molecular complexity index is 791. The van der Waals surface area contributed by atoms with Crippen LogP contribution in [0.5, 0.6) is 5.75 Å². The predicted octanol–water partition coefficient (Wildman–Crippen LogP) is 3.70. The molecule has 2 aromatic carbocycles. The maximum absolute atomic E-state index is 5.89. The first-order chi connectivity index (χ1) is 9.58. The molecule has 0 unspecified atom stereocenters. The average molecular weight is 268 g/mol. The van der Waals surface area contributed by atoms with Crippen LogP contribution in [0, 0.1) is 13.8 Å². The highest BCUT2D eigenvalue weighted by atomic mass is 16.5. The fourth-order valence-electron chi connectivity index (χ4n) is 2.38. The highest BCUT2D eigenvalue weighted by Gasteiger charge is 2.14. The number of nitrogens with zero attached hydrogens (tertiary/aromatic N) is 1. The Balaban J connectivity index is 2.22. The van der Waals surface area contributed by atoms with Crippen LogP contribution < -0.4 is 10.5 Å². The van der Waals surface area contributed by atoms with Gasteiger partial charge in [-0.2, -0.15) is 0 Å². The molecule has 1 aromatic heterocycles. The van der Waals surface area contributed by atoms with E-state index in [9.17, 15) is 0 Å². The minimum atomic E-state index is 0.547. The molecule has 0 amide bonds. The number of benzene rings is 2. The molecule has 0 fully saturated rings. The number of aryl methyl sites for hydroxylation is 2. The molecule has 1 heterocycles. The quantitative estimate of drug-likeness (QED) is 0.720. The normalized spacial score (nSPS) is 10.9. The van der Waals surface area contributed by atoms with Crippen LogP contribution in [0.2, 0.25) is 0 Å². The van der Waals surface area contributed by atoms with E-state index in [-0.39, 0.29) is 0 Å². The van der Waals surface area contributed by atoms with E-state index >= 15 is 0 Å².